The zero-order valence-electron chi connectivity index (χ0n) is 11.1. The standard InChI is InChI=1S/C14H21NO3/c1-3-17-13-7-5-6-11(14(13)18-4-2)12-10-16-9-8-15-12/h5-7,12,15H,3-4,8-10H2,1-2H3. The van der Waals surface area contributed by atoms with Crippen LogP contribution in [0, 0.1) is 0 Å². The molecule has 0 saturated carbocycles. The quantitative estimate of drug-likeness (QED) is 0.870. The van der Waals surface area contributed by atoms with Crippen molar-refractivity contribution in [2.75, 3.05) is 33.0 Å². The first kappa shape index (κ1) is 13.2. The number of rotatable bonds is 5. The molecule has 2 rings (SSSR count). The van der Waals surface area contributed by atoms with E-state index in [4.69, 9.17) is 14.2 Å². The molecule has 1 saturated heterocycles. The summed E-state index contributed by atoms with van der Waals surface area (Å²) in [5.74, 6) is 1.65. The average molecular weight is 251 g/mol. The molecule has 1 aliphatic heterocycles. The van der Waals surface area contributed by atoms with E-state index in [1.54, 1.807) is 0 Å². The minimum absolute atomic E-state index is 0.181. The maximum Gasteiger partial charge on any atom is 0.165 e. The van der Waals surface area contributed by atoms with Gasteiger partial charge in [0.2, 0.25) is 0 Å². The summed E-state index contributed by atoms with van der Waals surface area (Å²) in [6.45, 7) is 7.54. The second kappa shape index (κ2) is 6.61. The predicted molar refractivity (Wildman–Crippen MR) is 70.3 cm³/mol. The minimum atomic E-state index is 0.181. The summed E-state index contributed by atoms with van der Waals surface area (Å²) in [5, 5.41) is 3.44. The van der Waals surface area contributed by atoms with Crippen molar-refractivity contribution in [3.8, 4) is 11.5 Å². The van der Waals surface area contributed by atoms with E-state index in [9.17, 15) is 0 Å². The summed E-state index contributed by atoms with van der Waals surface area (Å²) >= 11 is 0. The second-order valence-electron chi connectivity index (χ2n) is 4.12. The summed E-state index contributed by atoms with van der Waals surface area (Å²) in [6, 6.07) is 6.20. The van der Waals surface area contributed by atoms with E-state index in [2.05, 4.69) is 11.4 Å². The van der Waals surface area contributed by atoms with Crippen LogP contribution in [0.2, 0.25) is 0 Å². The van der Waals surface area contributed by atoms with Crippen LogP contribution in [0.5, 0.6) is 11.5 Å². The number of nitrogens with one attached hydrogen (secondary N) is 1. The molecule has 1 aliphatic rings. The van der Waals surface area contributed by atoms with Gasteiger partial charge < -0.3 is 19.5 Å². The van der Waals surface area contributed by atoms with Crippen LogP contribution >= 0.6 is 0 Å². The van der Waals surface area contributed by atoms with Gasteiger partial charge in [-0.1, -0.05) is 12.1 Å². The Kier molecular flexibility index (Phi) is 4.84. The molecule has 1 aromatic rings. The Morgan fingerprint density at radius 1 is 1.28 bits per heavy atom. The first-order valence-corrected chi connectivity index (χ1v) is 6.56. The Morgan fingerprint density at radius 3 is 2.78 bits per heavy atom. The van der Waals surface area contributed by atoms with Gasteiger partial charge in [-0.2, -0.15) is 0 Å². The van der Waals surface area contributed by atoms with Gasteiger partial charge in [-0.3, -0.25) is 0 Å². The van der Waals surface area contributed by atoms with Crippen molar-refractivity contribution in [3.63, 3.8) is 0 Å². The lowest BCUT2D eigenvalue weighted by atomic mass is 10.0. The van der Waals surface area contributed by atoms with E-state index >= 15 is 0 Å². The number of hydrogen-bond acceptors (Lipinski definition) is 4. The summed E-state index contributed by atoms with van der Waals surface area (Å²) < 4.78 is 16.9. The van der Waals surface area contributed by atoms with Gasteiger partial charge in [0, 0.05) is 12.1 Å². The summed E-state index contributed by atoms with van der Waals surface area (Å²) in [7, 11) is 0. The van der Waals surface area contributed by atoms with Gasteiger partial charge in [0.05, 0.1) is 32.5 Å². The van der Waals surface area contributed by atoms with Crippen LogP contribution in [-0.2, 0) is 4.74 Å². The van der Waals surface area contributed by atoms with Gasteiger partial charge in [0.25, 0.3) is 0 Å². The monoisotopic (exact) mass is 251 g/mol. The molecule has 0 aliphatic carbocycles. The molecule has 1 heterocycles. The lowest BCUT2D eigenvalue weighted by Gasteiger charge is -2.26. The number of para-hydroxylation sites is 1. The van der Waals surface area contributed by atoms with E-state index in [0.717, 1.165) is 30.2 Å². The first-order valence-electron chi connectivity index (χ1n) is 6.56. The van der Waals surface area contributed by atoms with Crippen LogP contribution in [0.25, 0.3) is 0 Å². The SMILES string of the molecule is CCOc1cccc(C2COCCN2)c1OCC. The smallest absolute Gasteiger partial charge is 0.165 e. The highest BCUT2D eigenvalue weighted by Crippen LogP contribution is 2.35. The number of hydrogen-bond donors (Lipinski definition) is 1. The highest BCUT2D eigenvalue weighted by molar-refractivity contribution is 5.48. The molecule has 1 fully saturated rings. The van der Waals surface area contributed by atoms with Crippen LogP contribution in [0.1, 0.15) is 25.5 Å². The maximum absolute atomic E-state index is 5.75. The van der Waals surface area contributed by atoms with Gasteiger partial charge in [-0.25, -0.2) is 0 Å². The Morgan fingerprint density at radius 2 is 2.11 bits per heavy atom. The highest BCUT2D eigenvalue weighted by atomic mass is 16.5. The molecule has 1 N–H and O–H groups in total. The van der Waals surface area contributed by atoms with E-state index < -0.39 is 0 Å². The number of morpholine rings is 1. The fourth-order valence-corrected chi connectivity index (χ4v) is 2.14. The molecule has 18 heavy (non-hydrogen) atoms. The summed E-state index contributed by atoms with van der Waals surface area (Å²) in [5.41, 5.74) is 1.11. The van der Waals surface area contributed by atoms with Crippen LogP contribution < -0.4 is 14.8 Å². The minimum Gasteiger partial charge on any atom is -0.490 e. The highest BCUT2D eigenvalue weighted by Gasteiger charge is 2.21. The fraction of sp³-hybridized carbons (Fsp3) is 0.571. The van der Waals surface area contributed by atoms with Gasteiger partial charge in [0.1, 0.15) is 0 Å². The predicted octanol–water partition coefficient (Wildman–Crippen LogP) is 2.14. The molecule has 4 nitrogen and oxygen atoms in total. The first-order chi connectivity index (χ1) is 8.86. The lowest BCUT2D eigenvalue weighted by Crippen LogP contribution is -2.34. The van der Waals surface area contributed by atoms with Gasteiger partial charge in [0.15, 0.2) is 11.5 Å². The third-order valence-corrected chi connectivity index (χ3v) is 2.89. The van der Waals surface area contributed by atoms with Crippen molar-refractivity contribution in [3.05, 3.63) is 23.8 Å². The van der Waals surface area contributed by atoms with Crippen molar-refractivity contribution in [1.82, 2.24) is 5.32 Å². The van der Waals surface area contributed by atoms with E-state index in [0.29, 0.717) is 19.8 Å². The summed E-state index contributed by atoms with van der Waals surface area (Å²) in [6.07, 6.45) is 0. The Balaban J connectivity index is 2.28. The molecule has 100 valence electrons. The van der Waals surface area contributed by atoms with E-state index in [-0.39, 0.29) is 6.04 Å². The van der Waals surface area contributed by atoms with E-state index in [1.807, 2.05) is 26.0 Å². The average Bonchev–Trinajstić information content (AvgIpc) is 2.42. The zero-order chi connectivity index (χ0) is 12.8. The van der Waals surface area contributed by atoms with Crippen LogP contribution in [0.3, 0.4) is 0 Å². The van der Waals surface area contributed by atoms with Gasteiger partial charge >= 0.3 is 0 Å². The molecule has 1 aromatic carbocycles. The molecule has 0 amide bonds. The molecular weight excluding hydrogens is 230 g/mol. The van der Waals surface area contributed by atoms with Gasteiger partial charge in [-0.05, 0) is 19.9 Å². The van der Waals surface area contributed by atoms with Crippen LogP contribution in [-0.4, -0.2) is 33.0 Å². The topological polar surface area (TPSA) is 39.7 Å². The maximum atomic E-state index is 5.75. The van der Waals surface area contributed by atoms with Crippen LogP contribution in [0.15, 0.2) is 18.2 Å². The molecule has 0 radical (unpaired) electrons. The van der Waals surface area contributed by atoms with Crippen molar-refractivity contribution >= 4 is 0 Å². The van der Waals surface area contributed by atoms with E-state index in [1.165, 1.54) is 0 Å². The van der Waals surface area contributed by atoms with Crippen molar-refractivity contribution in [1.29, 1.82) is 0 Å². The lowest BCUT2D eigenvalue weighted by molar-refractivity contribution is 0.0757. The molecule has 0 bridgehead atoms. The third-order valence-electron chi connectivity index (χ3n) is 2.89. The number of ether oxygens (including phenoxy) is 3. The number of benzene rings is 1. The van der Waals surface area contributed by atoms with Crippen molar-refractivity contribution < 1.29 is 14.2 Å². The zero-order valence-corrected chi connectivity index (χ0v) is 11.1. The third kappa shape index (κ3) is 2.94. The molecule has 1 atom stereocenters. The molecule has 0 spiro atoms. The molecular formula is C14H21NO3. The summed E-state index contributed by atoms with van der Waals surface area (Å²) in [4.78, 5) is 0. The Bertz CT molecular complexity index is 375. The fourth-order valence-electron chi connectivity index (χ4n) is 2.14. The Labute approximate surface area is 108 Å². The van der Waals surface area contributed by atoms with Crippen LogP contribution in [0.4, 0.5) is 0 Å². The molecule has 4 heteroatoms. The Hall–Kier alpha value is -1.26. The molecule has 0 aromatic heterocycles. The van der Waals surface area contributed by atoms with Crippen molar-refractivity contribution in [2.24, 2.45) is 0 Å². The second-order valence-corrected chi connectivity index (χ2v) is 4.12. The largest absolute Gasteiger partial charge is 0.490 e. The molecule has 1 unspecified atom stereocenters. The normalized spacial score (nSPS) is 19.6. The van der Waals surface area contributed by atoms with Gasteiger partial charge in [-0.15, -0.1) is 0 Å². The van der Waals surface area contributed by atoms with Crippen molar-refractivity contribution in [2.45, 2.75) is 19.9 Å².